The second-order valence-corrected chi connectivity index (χ2v) is 6.88. The van der Waals surface area contributed by atoms with Crippen molar-refractivity contribution in [1.82, 2.24) is 4.90 Å². The van der Waals surface area contributed by atoms with Gasteiger partial charge in [0.15, 0.2) is 11.5 Å². The van der Waals surface area contributed by atoms with Gasteiger partial charge in [0.25, 0.3) is 0 Å². The van der Waals surface area contributed by atoms with Crippen molar-refractivity contribution in [2.45, 2.75) is 32.9 Å². The standard InChI is InChI=1S/C22H23NO5/c1-4-14(2)23-11-16-17(27-13-23)10-9-15-21(24)20(12-26-22(15)16)28-19-8-6-5-7-18(19)25-3/h5-10,12,14H,4,11,13H2,1-3H3/t14-/m1/s1. The van der Waals surface area contributed by atoms with Gasteiger partial charge in [-0.2, -0.15) is 0 Å². The van der Waals surface area contributed by atoms with Gasteiger partial charge < -0.3 is 18.6 Å². The third-order valence-corrected chi connectivity index (χ3v) is 5.22. The minimum atomic E-state index is -0.226. The summed E-state index contributed by atoms with van der Waals surface area (Å²) in [7, 11) is 1.56. The van der Waals surface area contributed by atoms with Gasteiger partial charge in [0.2, 0.25) is 11.2 Å². The van der Waals surface area contributed by atoms with E-state index in [9.17, 15) is 4.79 Å². The quantitative estimate of drug-likeness (QED) is 0.646. The van der Waals surface area contributed by atoms with Gasteiger partial charge in [-0.25, -0.2) is 0 Å². The van der Waals surface area contributed by atoms with Crippen LogP contribution in [-0.2, 0) is 6.54 Å². The first-order valence-electron chi connectivity index (χ1n) is 9.37. The first-order valence-corrected chi connectivity index (χ1v) is 9.37. The largest absolute Gasteiger partial charge is 0.493 e. The van der Waals surface area contributed by atoms with Gasteiger partial charge >= 0.3 is 0 Å². The molecule has 146 valence electrons. The molecule has 0 bridgehead atoms. The minimum Gasteiger partial charge on any atom is -0.493 e. The summed E-state index contributed by atoms with van der Waals surface area (Å²) in [5, 5.41) is 0.473. The van der Waals surface area contributed by atoms with Gasteiger partial charge in [-0.05, 0) is 37.6 Å². The molecule has 1 aromatic heterocycles. The molecule has 4 rings (SSSR count). The predicted octanol–water partition coefficient (Wildman–Crippen LogP) is 4.54. The summed E-state index contributed by atoms with van der Waals surface area (Å²) >= 11 is 0. The lowest BCUT2D eigenvalue weighted by molar-refractivity contribution is 0.0610. The second kappa shape index (κ2) is 7.56. The minimum absolute atomic E-state index is 0.118. The molecule has 0 spiro atoms. The highest BCUT2D eigenvalue weighted by molar-refractivity contribution is 5.83. The molecular weight excluding hydrogens is 358 g/mol. The van der Waals surface area contributed by atoms with Gasteiger partial charge in [0.05, 0.1) is 18.1 Å². The van der Waals surface area contributed by atoms with Crippen molar-refractivity contribution >= 4 is 11.0 Å². The summed E-state index contributed by atoms with van der Waals surface area (Å²) in [5.41, 5.74) is 1.21. The Kier molecular flexibility index (Phi) is 4.96. The number of methoxy groups -OCH3 is 1. The number of nitrogens with zero attached hydrogens (tertiary/aromatic N) is 1. The van der Waals surface area contributed by atoms with E-state index in [0.717, 1.165) is 17.7 Å². The zero-order chi connectivity index (χ0) is 19.7. The van der Waals surface area contributed by atoms with Gasteiger partial charge in [0, 0.05) is 12.6 Å². The van der Waals surface area contributed by atoms with E-state index in [0.29, 0.717) is 41.8 Å². The zero-order valence-corrected chi connectivity index (χ0v) is 16.2. The molecule has 2 heterocycles. The van der Waals surface area contributed by atoms with Crippen molar-refractivity contribution in [3.8, 4) is 23.0 Å². The van der Waals surface area contributed by atoms with Crippen LogP contribution in [-0.4, -0.2) is 24.8 Å². The Morgan fingerprint density at radius 1 is 1.14 bits per heavy atom. The summed E-state index contributed by atoms with van der Waals surface area (Å²) in [5.74, 6) is 1.88. The van der Waals surface area contributed by atoms with Crippen molar-refractivity contribution in [3.63, 3.8) is 0 Å². The van der Waals surface area contributed by atoms with Gasteiger partial charge in [-0.1, -0.05) is 19.1 Å². The van der Waals surface area contributed by atoms with Gasteiger partial charge in [0.1, 0.15) is 24.3 Å². The van der Waals surface area contributed by atoms with E-state index in [2.05, 4.69) is 18.7 Å². The van der Waals surface area contributed by atoms with Crippen LogP contribution in [0.25, 0.3) is 11.0 Å². The van der Waals surface area contributed by atoms with E-state index in [1.165, 1.54) is 6.26 Å². The van der Waals surface area contributed by atoms with Crippen molar-refractivity contribution in [2.75, 3.05) is 13.8 Å². The van der Waals surface area contributed by atoms with E-state index in [1.54, 1.807) is 25.3 Å². The highest BCUT2D eigenvalue weighted by atomic mass is 16.5. The van der Waals surface area contributed by atoms with E-state index >= 15 is 0 Å². The lowest BCUT2D eigenvalue weighted by Gasteiger charge is -2.33. The first-order chi connectivity index (χ1) is 13.6. The van der Waals surface area contributed by atoms with Crippen molar-refractivity contribution in [2.24, 2.45) is 0 Å². The molecule has 0 N–H and O–H groups in total. The zero-order valence-electron chi connectivity index (χ0n) is 16.2. The van der Waals surface area contributed by atoms with Crippen LogP contribution < -0.4 is 19.6 Å². The Bertz CT molecular complexity index is 1060. The van der Waals surface area contributed by atoms with Crippen molar-refractivity contribution in [3.05, 3.63) is 58.4 Å². The highest BCUT2D eigenvalue weighted by Gasteiger charge is 2.25. The van der Waals surface area contributed by atoms with Crippen molar-refractivity contribution < 1.29 is 18.6 Å². The Balaban J connectivity index is 1.74. The van der Waals surface area contributed by atoms with E-state index in [4.69, 9.17) is 18.6 Å². The van der Waals surface area contributed by atoms with Gasteiger partial charge in [-0.3, -0.25) is 9.69 Å². The molecule has 28 heavy (non-hydrogen) atoms. The van der Waals surface area contributed by atoms with Crippen LogP contribution in [0, 0.1) is 0 Å². The molecule has 1 aliphatic rings. The van der Waals surface area contributed by atoms with Crippen LogP contribution in [0.15, 0.2) is 51.9 Å². The molecule has 0 radical (unpaired) electrons. The van der Waals surface area contributed by atoms with Gasteiger partial charge in [-0.15, -0.1) is 0 Å². The number of hydrogen-bond donors (Lipinski definition) is 0. The van der Waals surface area contributed by atoms with Crippen LogP contribution in [0.1, 0.15) is 25.8 Å². The molecule has 1 aliphatic heterocycles. The molecule has 3 aromatic rings. The normalized spacial score (nSPS) is 15.0. The molecule has 0 amide bonds. The predicted molar refractivity (Wildman–Crippen MR) is 106 cm³/mol. The first kappa shape index (κ1) is 18.4. The van der Waals surface area contributed by atoms with E-state index in [-0.39, 0.29) is 11.2 Å². The Labute approximate surface area is 163 Å². The summed E-state index contributed by atoms with van der Waals surface area (Å²) in [6, 6.07) is 11.1. The van der Waals surface area contributed by atoms with Crippen molar-refractivity contribution in [1.29, 1.82) is 0 Å². The highest BCUT2D eigenvalue weighted by Crippen LogP contribution is 2.34. The molecule has 0 fully saturated rings. The molecule has 0 saturated carbocycles. The Morgan fingerprint density at radius 2 is 1.93 bits per heavy atom. The summed E-state index contributed by atoms with van der Waals surface area (Å²) in [6.45, 7) is 5.52. The topological polar surface area (TPSA) is 61.1 Å². The van der Waals surface area contributed by atoms with Crippen LogP contribution in [0.4, 0.5) is 0 Å². The average molecular weight is 381 g/mol. The third-order valence-electron chi connectivity index (χ3n) is 5.22. The van der Waals surface area contributed by atoms with Crippen LogP contribution >= 0.6 is 0 Å². The number of benzene rings is 2. The molecule has 6 nitrogen and oxygen atoms in total. The van der Waals surface area contributed by atoms with Crippen LogP contribution in [0.5, 0.6) is 23.0 Å². The van der Waals surface area contributed by atoms with Crippen LogP contribution in [0.2, 0.25) is 0 Å². The molecule has 1 atom stereocenters. The number of ether oxygens (including phenoxy) is 3. The summed E-state index contributed by atoms with van der Waals surface area (Å²) < 4.78 is 22.8. The number of para-hydroxylation sites is 2. The Hall–Kier alpha value is -2.99. The molecular formula is C22H23NO5. The van der Waals surface area contributed by atoms with Crippen LogP contribution in [0.3, 0.4) is 0 Å². The average Bonchev–Trinajstić information content (AvgIpc) is 2.74. The maximum atomic E-state index is 13.0. The molecule has 2 aromatic carbocycles. The monoisotopic (exact) mass is 381 g/mol. The lowest BCUT2D eigenvalue weighted by atomic mass is 10.1. The van der Waals surface area contributed by atoms with E-state index in [1.807, 2.05) is 18.2 Å². The van der Waals surface area contributed by atoms with E-state index < -0.39 is 0 Å². The maximum Gasteiger partial charge on any atom is 0.235 e. The SMILES string of the molecule is CC[C@@H](C)N1COc2ccc3c(=O)c(Oc4ccccc4OC)coc3c2C1. The molecule has 6 heteroatoms. The smallest absolute Gasteiger partial charge is 0.235 e. The molecule has 0 saturated heterocycles. The lowest BCUT2D eigenvalue weighted by Crippen LogP contribution is -2.38. The fraction of sp³-hybridized carbons (Fsp3) is 0.318. The second-order valence-electron chi connectivity index (χ2n) is 6.88. The fourth-order valence-corrected chi connectivity index (χ4v) is 3.34. The summed E-state index contributed by atoms with van der Waals surface area (Å²) in [4.78, 5) is 15.2. The Morgan fingerprint density at radius 3 is 2.68 bits per heavy atom. The maximum absolute atomic E-state index is 13.0. The number of rotatable bonds is 5. The fourth-order valence-electron chi connectivity index (χ4n) is 3.34. The molecule has 0 unspecified atom stereocenters. The number of fused-ring (bicyclic) bond motifs is 3. The number of hydrogen-bond acceptors (Lipinski definition) is 6. The third kappa shape index (κ3) is 3.20. The molecule has 0 aliphatic carbocycles. The summed E-state index contributed by atoms with van der Waals surface area (Å²) in [6.07, 6.45) is 2.38.